The van der Waals surface area contributed by atoms with Crippen LogP contribution >= 0.6 is 15.9 Å². The maximum Gasteiger partial charge on any atom is 0.00363 e. The second-order valence-electron chi connectivity index (χ2n) is 3.71. The van der Waals surface area contributed by atoms with Gasteiger partial charge in [-0.3, -0.25) is 0 Å². The summed E-state index contributed by atoms with van der Waals surface area (Å²) in [7, 11) is 0. The summed E-state index contributed by atoms with van der Waals surface area (Å²) in [5.74, 6) is 0. The summed E-state index contributed by atoms with van der Waals surface area (Å²) in [5.41, 5.74) is 0.555. The zero-order valence-electron chi connectivity index (χ0n) is 7.41. The Hall–Kier alpha value is 0.480. The summed E-state index contributed by atoms with van der Waals surface area (Å²) in [5, 5.41) is 1.14. The second kappa shape index (κ2) is 5.17. The van der Waals surface area contributed by atoms with Gasteiger partial charge in [0.2, 0.25) is 0 Å². The number of halogens is 1. The molecular weight excluding hydrogens is 188 g/mol. The summed E-state index contributed by atoms with van der Waals surface area (Å²) in [6, 6.07) is 0. The highest BCUT2D eigenvalue weighted by atomic mass is 79.9. The van der Waals surface area contributed by atoms with Crippen LogP contribution in [0.3, 0.4) is 0 Å². The second-order valence-corrected chi connectivity index (χ2v) is 4.50. The van der Waals surface area contributed by atoms with Crippen LogP contribution in [-0.4, -0.2) is 5.33 Å². The van der Waals surface area contributed by atoms with Crippen molar-refractivity contribution in [1.82, 2.24) is 0 Å². The molecule has 0 aliphatic rings. The third-order valence-electron chi connectivity index (χ3n) is 1.98. The van der Waals surface area contributed by atoms with Gasteiger partial charge in [-0.15, -0.1) is 0 Å². The van der Waals surface area contributed by atoms with Crippen LogP contribution in [0, 0.1) is 5.41 Å². The molecule has 0 nitrogen and oxygen atoms in total. The molecular formula is C9H19Br. The Balaban J connectivity index is 3.42. The van der Waals surface area contributed by atoms with Crippen LogP contribution < -0.4 is 0 Å². The van der Waals surface area contributed by atoms with E-state index in [1.54, 1.807) is 0 Å². The molecule has 0 aliphatic heterocycles. The van der Waals surface area contributed by atoms with Crippen LogP contribution in [0.2, 0.25) is 0 Å². The number of hydrogen-bond acceptors (Lipinski definition) is 0. The van der Waals surface area contributed by atoms with Crippen molar-refractivity contribution in [3.63, 3.8) is 0 Å². The summed E-state index contributed by atoms with van der Waals surface area (Å²) in [6.07, 6.45) is 5.37. The van der Waals surface area contributed by atoms with Gasteiger partial charge in [-0.05, 0) is 18.3 Å². The van der Waals surface area contributed by atoms with Crippen molar-refractivity contribution >= 4 is 15.9 Å². The zero-order valence-corrected chi connectivity index (χ0v) is 9.00. The molecule has 0 fully saturated rings. The van der Waals surface area contributed by atoms with Crippen molar-refractivity contribution in [2.45, 2.75) is 46.5 Å². The third kappa shape index (κ3) is 5.28. The molecule has 0 rings (SSSR count). The topological polar surface area (TPSA) is 0 Å². The Kier molecular flexibility index (Phi) is 5.42. The van der Waals surface area contributed by atoms with Gasteiger partial charge in [-0.2, -0.15) is 0 Å². The van der Waals surface area contributed by atoms with Gasteiger partial charge in [0.05, 0.1) is 0 Å². The van der Waals surface area contributed by atoms with Crippen molar-refractivity contribution in [3.05, 3.63) is 0 Å². The maximum absolute atomic E-state index is 3.48. The predicted molar refractivity (Wildman–Crippen MR) is 51.7 cm³/mol. The molecule has 0 radical (unpaired) electrons. The van der Waals surface area contributed by atoms with Gasteiger partial charge in [0.15, 0.2) is 0 Å². The highest BCUT2D eigenvalue weighted by Crippen LogP contribution is 2.27. The minimum atomic E-state index is 0.555. The molecule has 0 unspecified atom stereocenters. The molecule has 0 bridgehead atoms. The Labute approximate surface area is 73.5 Å². The van der Waals surface area contributed by atoms with E-state index in [4.69, 9.17) is 0 Å². The van der Waals surface area contributed by atoms with Crippen molar-refractivity contribution in [2.75, 3.05) is 5.33 Å². The Morgan fingerprint density at radius 3 is 2.20 bits per heavy atom. The minimum absolute atomic E-state index is 0.555. The number of alkyl halides is 1. The molecule has 0 aromatic carbocycles. The van der Waals surface area contributed by atoms with Gasteiger partial charge in [-0.1, -0.05) is 49.5 Å². The molecule has 0 saturated carbocycles. The van der Waals surface area contributed by atoms with E-state index in [2.05, 4.69) is 36.7 Å². The van der Waals surface area contributed by atoms with E-state index in [9.17, 15) is 0 Å². The van der Waals surface area contributed by atoms with Gasteiger partial charge < -0.3 is 0 Å². The molecule has 0 amide bonds. The average molecular weight is 207 g/mol. The molecule has 62 valence electrons. The van der Waals surface area contributed by atoms with Crippen molar-refractivity contribution < 1.29 is 0 Å². The van der Waals surface area contributed by atoms with Crippen LogP contribution in [0.4, 0.5) is 0 Å². The first-order chi connectivity index (χ1) is 4.62. The molecule has 0 saturated heterocycles. The van der Waals surface area contributed by atoms with Gasteiger partial charge in [-0.25, -0.2) is 0 Å². The first-order valence-electron chi connectivity index (χ1n) is 4.18. The molecule has 0 heterocycles. The van der Waals surface area contributed by atoms with Gasteiger partial charge in [0.1, 0.15) is 0 Å². The summed E-state index contributed by atoms with van der Waals surface area (Å²) in [6.45, 7) is 6.96. The monoisotopic (exact) mass is 206 g/mol. The van der Waals surface area contributed by atoms with E-state index in [1.165, 1.54) is 25.7 Å². The van der Waals surface area contributed by atoms with E-state index >= 15 is 0 Å². The number of unbranched alkanes of at least 4 members (excludes halogenated alkanes) is 1. The van der Waals surface area contributed by atoms with Crippen LogP contribution in [0.1, 0.15) is 46.5 Å². The molecule has 0 atom stereocenters. The van der Waals surface area contributed by atoms with Crippen LogP contribution in [0.25, 0.3) is 0 Å². The van der Waals surface area contributed by atoms with Crippen molar-refractivity contribution in [2.24, 2.45) is 5.41 Å². The smallest absolute Gasteiger partial charge is 0.00363 e. The van der Waals surface area contributed by atoms with E-state index < -0.39 is 0 Å². The van der Waals surface area contributed by atoms with Gasteiger partial charge in [0, 0.05) is 5.33 Å². The number of rotatable bonds is 5. The van der Waals surface area contributed by atoms with E-state index in [-0.39, 0.29) is 0 Å². The molecule has 0 aromatic rings. The predicted octanol–water partition coefficient (Wildman–Crippen LogP) is 3.99. The molecule has 0 aliphatic carbocycles. The standard InChI is InChI=1S/C9H19Br/c1-4-5-6-9(2,3)7-8-10/h4-8H2,1-3H3. The lowest BCUT2D eigenvalue weighted by atomic mass is 9.85. The highest BCUT2D eigenvalue weighted by Gasteiger charge is 2.15. The van der Waals surface area contributed by atoms with Crippen LogP contribution in [0.5, 0.6) is 0 Å². The van der Waals surface area contributed by atoms with Crippen LogP contribution in [-0.2, 0) is 0 Å². The first-order valence-corrected chi connectivity index (χ1v) is 5.30. The molecule has 10 heavy (non-hydrogen) atoms. The minimum Gasteiger partial charge on any atom is -0.0928 e. The fourth-order valence-corrected chi connectivity index (χ4v) is 2.11. The Morgan fingerprint density at radius 1 is 1.20 bits per heavy atom. The molecule has 1 heteroatoms. The summed E-state index contributed by atoms with van der Waals surface area (Å²) < 4.78 is 0. The Morgan fingerprint density at radius 2 is 1.80 bits per heavy atom. The summed E-state index contributed by atoms with van der Waals surface area (Å²) >= 11 is 3.48. The van der Waals surface area contributed by atoms with Crippen molar-refractivity contribution in [3.8, 4) is 0 Å². The van der Waals surface area contributed by atoms with Gasteiger partial charge in [0.25, 0.3) is 0 Å². The van der Waals surface area contributed by atoms with E-state index in [1.807, 2.05) is 0 Å². The van der Waals surface area contributed by atoms with Crippen LogP contribution in [0.15, 0.2) is 0 Å². The normalized spacial score (nSPS) is 12.0. The third-order valence-corrected chi connectivity index (χ3v) is 2.37. The lowest BCUT2D eigenvalue weighted by molar-refractivity contribution is 0.315. The zero-order chi connectivity index (χ0) is 8.04. The van der Waals surface area contributed by atoms with Gasteiger partial charge >= 0.3 is 0 Å². The average Bonchev–Trinajstić information content (AvgIpc) is 1.84. The van der Waals surface area contributed by atoms with Crippen molar-refractivity contribution in [1.29, 1.82) is 0 Å². The molecule has 0 aromatic heterocycles. The molecule has 0 spiro atoms. The first kappa shape index (κ1) is 10.5. The SMILES string of the molecule is CCCCC(C)(C)CCBr. The maximum atomic E-state index is 3.48. The largest absolute Gasteiger partial charge is 0.0928 e. The molecule has 0 N–H and O–H groups in total. The fraction of sp³-hybridized carbons (Fsp3) is 1.00. The lowest BCUT2D eigenvalue weighted by Gasteiger charge is -2.22. The van der Waals surface area contributed by atoms with E-state index in [0.29, 0.717) is 5.41 Å². The number of hydrogen-bond donors (Lipinski definition) is 0. The Bertz CT molecular complexity index is 76.8. The summed E-state index contributed by atoms with van der Waals surface area (Å²) in [4.78, 5) is 0. The lowest BCUT2D eigenvalue weighted by Crippen LogP contribution is -2.11. The highest BCUT2D eigenvalue weighted by molar-refractivity contribution is 9.09. The quantitative estimate of drug-likeness (QED) is 0.598. The fourth-order valence-electron chi connectivity index (χ4n) is 1.04. The van der Waals surface area contributed by atoms with E-state index in [0.717, 1.165) is 5.33 Å².